The van der Waals surface area contributed by atoms with Crippen LogP contribution in [0.2, 0.25) is 0 Å². The predicted molar refractivity (Wildman–Crippen MR) is 120 cm³/mol. The van der Waals surface area contributed by atoms with Crippen LogP contribution in [0.1, 0.15) is 44.9 Å². The lowest BCUT2D eigenvalue weighted by Gasteiger charge is -2.38. The zero-order valence-electron chi connectivity index (χ0n) is 17.6. The first-order chi connectivity index (χ1) is 14.7. The van der Waals surface area contributed by atoms with Gasteiger partial charge in [-0.25, -0.2) is 9.78 Å². The summed E-state index contributed by atoms with van der Waals surface area (Å²) in [6.45, 7) is 4.47. The Morgan fingerprint density at radius 2 is 1.93 bits per heavy atom. The summed E-state index contributed by atoms with van der Waals surface area (Å²) in [6, 6.07) is 4.05. The first-order valence-corrected chi connectivity index (χ1v) is 11.9. The van der Waals surface area contributed by atoms with Crippen molar-refractivity contribution in [2.45, 2.75) is 50.5 Å². The van der Waals surface area contributed by atoms with Crippen LogP contribution in [-0.2, 0) is 4.74 Å². The molecule has 8 heteroatoms. The summed E-state index contributed by atoms with van der Waals surface area (Å²) in [5, 5.41) is 3.68. The second kappa shape index (κ2) is 8.23. The molecule has 7 nitrogen and oxygen atoms in total. The molecule has 0 aliphatic carbocycles. The topological polar surface area (TPSA) is 66.9 Å². The molecule has 3 aliphatic rings. The summed E-state index contributed by atoms with van der Waals surface area (Å²) in [5.41, 5.74) is 2.04. The summed E-state index contributed by atoms with van der Waals surface area (Å²) in [6.07, 6.45) is 7.84. The van der Waals surface area contributed by atoms with E-state index in [0.717, 1.165) is 74.4 Å². The highest BCUT2D eigenvalue weighted by atomic mass is 32.1. The Bertz CT molecular complexity index is 908. The van der Waals surface area contributed by atoms with E-state index in [1.807, 2.05) is 11.0 Å². The highest BCUT2D eigenvalue weighted by Crippen LogP contribution is 2.40. The first kappa shape index (κ1) is 19.9. The second-order valence-corrected chi connectivity index (χ2v) is 9.58. The number of methoxy groups -OCH3 is 1. The van der Waals surface area contributed by atoms with E-state index in [1.165, 1.54) is 24.9 Å². The first-order valence-electron chi connectivity index (χ1n) is 11.1. The summed E-state index contributed by atoms with van der Waals surface area (Å²) in [4.78, 5) is 21.9. The normalized spacial score (nSPS) is 21.4. The molecule has 4 heterocycles. The Morgan fingerprint density at radius 1 is 1.13 bits per heavy atom. The average Bonchev–Trinajstić information content (AvgIpc) is 3.41. The summed E-state index contributed by atoms with van der Waals surface area (Å²) in [7, 11) is 1.67. The fourth-order valence-corrected chi connectivity index (χ4v) is 6.02. The van der Waals surface area contributed by atoms with Gasteiger partial charge in [-0.2, -0.15) is 0 Å². The third-order valence-corrected chi connectivity index (χ3v) is 7.76. The molecular formula is C22H30N4O3S. The quantitative estimate of drug-likeness (QED) is 0.778. The van der Waals surface area contributed by atoms with Crippen LogP contribution in [0, 0.1) is 0 Å². The van der Waals surface area contributed by atoms with E-state index in [2.05, 4.69) is 16.3 Å². The van der Waals surface area contributed by atoms with Gasteiger partial charge in [0.1, 0.15) is 11.3 Å². The monoisotopic (exact) mass is 430 g/mol. The number of urea groups is 1. The summed E-state index contributed by atoms with van der Waals surface area (Å²) >= 11 is 1.54. The molecule has 0 unspecified atom stereocenters. The smallest absolute Gasteiger partial charge is 0.323 e. The van der Waals surface area contributed by atoms with E-state index >= 15 is 0 Å². The Hall–Kier alpha value is -2.06. The van der Waals surface area contributed by atoms with Gasteiger partial charge < -0.3 is 19.3 Å². The number of fused-ring (bicyclic) bond motifs is 1. The van der Waals surface area contributed by atoms with Gasteiger partial charge in [0, 0.05) is 32.8 Å². The lowest BCUT2D eigenvalue weighted by atomic mass is 9.89. The van der Waals surface area contributed by atoms with E-state index < -0.39 is 0 Å². The molecule has 5 rings (SSSR count). The Labute approximate surface area is 181 Å². The molecule has 2 amide bonds. The number of anilines is 2. The molecule has 0 saturated carbocycles. The van der Waals surface area contributed by atoms with E-state index in [4.69, 9.17) is 14.5 Å². The van der Waals surface area contributed by atoms with Gasteiger partial charge in [0.15, 0.2) is 5.13 Å². The average molecular weight is 431 g/mol. The van der Waals surface area contributed by atoms with Gasteiger partial charge in [-0.1, -0.05) is 11.3 Å². The number of rotatable bonds is 3. The van der Waals surface area contributed by atoms with Crippen LogP contribution in [0.15, 0.2) is 12.1 Å². The van der Waals surface area contributed by atoms with E-state index in [0.29, 0.717) is 5.13 Å². The van der Waals surface area contributed by atoms with Gasteiger partial charge in [-0.05, 0) is 57.1 Å². The van der Waals surface area contributed by atoms with Gasteiger partial charge in [-0.3, -0.25) is 5.32 Å². The minimum Gasteiger partial charge on any atom is -0.494 e. The lowest BCUT2D eigenvalue weighted by molar-refractivity contribution is -0.0353. The van der Waals surface area contributed by atoms with Crippen molar-refractivity contribution >= 4 is 38.4 Å². The number of nitrogens with one attached hydrogen (secondary N) is 1. The second-order valence-electron chi connectivity index (χ2n) is 8.58. The maximum atomic E-state index is 12.9. The van der Waals surface area contributed by atoms with E-state index in [-0.39, 0.29) is 11.6 Å². The van der Waals surface area contributed by atoms with Crippen molar-refractivity contribution in [2.75, 3.05) is 50.1 Å². The number of ether oxygens (including phenoxy) is 2. The largest absolute Gasteiger partial charge is 0.494 e. The zero-order valence-corrected chi connectivity index (χ0v) is 18.4. The minimum absolute atomic E-state index is 0.0172. The number of carbonyl (C=O) groups is 1. The third-order valence-electron chi connectivity index (χ3n) is 6.76. The molecule has 30 heavy (non-hydrogen) atoms. The number of hydrogen-bond donors (Lipinski definition) is 1. The molecule has 0 bridgehead atoms. The molecule has 0 radical (unpaired) electrons. The highest BCUT2D eigenvalue weighted by Gasteiger charge is 2.39. The van der Waals surface area contributed by atoms with Gasteiger partial charge in [0.05, 0.1) is 23.1 Å². The van der Waals surface area contributed by atoms with Crippen molar-refractivity contribution in [1.29, 1.82) is 0 Å². The number of hydrogen-bond acceptors (Lipinski definition) is 6. The molecular weight excluding hydrogens is 400 g/mol. The standard InChI is InChI=1S/C22H30N4O3S/c1-28-17-7-6-16(25-11-3-2-4-12-25)19-18(17)23-20(30-19)24-21(27)26-13-9-22(10-14-26)8-5-15-29-22/h6-7H,2-5,8-15H2,1H3,(H,23,24,27). The third kappa shape index (κ3) is 3.71. The number of benzene rings is 1. The van der Waals surface area contributed by atoms with Crippen LogP contribution in [0.3, 0.4) is 0 Å². The Kier molecular flexibility index (Phi) is 5.45. The Balaban J connectivity index is 1.33. The van der Waals surface area contributed by atoms with Gasteiger partial charge in [0.2, 0.25) is 0 Å². The van der Waals surface area contributed by atoms with E-state index in [1.54, 1.807) is 18.4 Å². The summed E-state index contributed by atoms with van der Waals surface area (Å²) in [5.74, 6) is 0.751. The molecule has 1 spiro atoms. The molecule has 1 aromatic carbocycles. The molecule has 162 valence electrons. The fraction of sp³-hybridized carbons (Fsp3) is 0.636. The Morgan fingerprint density at radius 3 is 2.63 bits per heavy atom. The number of aromatic nitrogens is 1. The van der Waals surface area contributed by atoms with Crippen molar-refractivity contribution in [3.63, 3.8) is 0 Å². The zero-order chi connectivity index (χ0) is 20.6. The van der Waals surface area contributed by atoms with Crippen molar-refractivity contribution in [3.05, 3.63) is 12.1 Å². The van der Waals surface area contributed by atoms with Crippen LogP contribution in [0.25, 0.3) is 10.2 Å². The molecule has 3 saturated heterocycles. The lowest BCUT2D eigenvalue weighted by Crippen LogP contribution is -2.47. The van der Waals surface area contributed by atoms with Crippen LogP contribution in [0.5, 0.6) is 5.75 Å². The molecule has 1 aromatic heterocycles. The number of amides is 2. The highest BCUT2D eigenvalue weighted by molar-refractivity contribution is 7.23. The SMILES string of the molecule is COc1ccc(N2CCCCC2)c2sc(NC(=O)N3CCC4(CCCO4)CC3)nc12. The maximum absolute atomic E-state index is 12.9. The minimum atomic E-state index is -0.0691. The van der Waals surface area contributed by atoms with Crippen molar-refractivity contribution in [3.8, 4) is 5.75 Å². The predicted octanol–water partition coefficient (Wildman–Crippen LogP) is 4.47. The van der Waals surface area contributed by atoms with E-state index in [9.17, 15) is 4.79 Å². The number of piperidine rings is 2. The van der Waals surface area contributed by atoms with Crippen LogP contribution in [0.4, 0.5) is 15.6 Å². The molecule has 0 atom stereocenters. The molecule has 2 aromatic rings. The molecule has 1 N–H and O–H groups in total. The van der Waals surface area contributed by atoms with Crippen molar-refractivity contribution < 1.29 is 14.3 Å². The summed E-state index contributed by atoms with van der Waals surface area (Å²) < 4.78 is 12.6. The fourth-order valence-electron chi connectivity index (χ4n) is 5.01. The number of likely N-dealkylation sites (tertiary alicyclic amines) is 1. The molecule has 3 aliphatic heterocycles. The number of carbonyl (C=O) groups excluding carboxylic acids is 1. The van der Waals surface area contributed by atoms with Crippen molar-refractivity contribution in [1.82, 2.24) is 9.88 Å². The van der Waals surface area contributed by atoms with Gasteiger partial charge in [-0.15, -0.1) is 0 Å². The molecule has 3 fully saturated rings. The van der Waals surface area contributed by atoms with Gasteiger partial charge in [0.25, 0.3) is 0 Å². The number of nitrogens with zero attached hydrogens (tertiary/aromatic N) is 3. The maximum Gasteiger partial charge on any atom is 0.323 e. The number of thiazole rings is 1. The van der Waals surface area contributed by atoms with Gasteiger partial charge >= 0.3 is 6.03 Å². The van der Waals surface area contributed by atoms with Crippen LogP contribution in [-0.4, -0.2) is 61.4 Å². The van der Waals surface area contributed by atoms with Crippen LogP contribution >= 0.6 is 11.3 Å². The van der Waals surface area contributed by atoms with Crippen LogP contribution < -0.4 is 15.0 Å². The van der Waals surface area contributed by atoms with Crippen molar-refractivity contribution in [2.24, 2.45) is 0 Å².